The van der Waals surface area contributed by atoms with Crippen LogP contribution in [0.1, 0.15) is 43.0 Å². The van der Waals surface area contributed by atoms with Crippen LogP contribution in [0.25, 0.3) is 0 Å². The van der Waals surface area contributed by atoms with Gasteiger partial charge in [-0.25, -0.2) is 13.4 Å². The zero-order valence-corrected chi connectivity index (χ0v) is 18.8. The molecule has 31 heavy (non-hydrogen) atoms. The lowest BCUT2D eigenvalue weighted by molar-refractivity contribution is -0.130. The van der Waals surface area contributed by atoms with Gasteiger partial charge in [-0.15, -0.1) is 0 Å². The highest BCUT2D eigenvalue weighted by molar-refractivity contribution is 7.99. The van der Waals surface area contributed by atoms with Crippen molar-refractivity contribution in [1.29, 1.82) is 0 Å². The average molecular weight is 460 g/mol. The third-order valence-electron chi connectivity index (χ3n) is 6.54. The molecule has 0 spiro atoms. The molecule has 1 aromatic heterocycles. The van der Waals surface area contributed by atoms with E-state index in [9.17, 15) is 18.0 Å². The Kier molecular flexibility index (Phi) is 5.42. The summed E-state index contributed by atoms with van der Waals surface area (Å²) in [6.07, 6.45) is 4.33. The molecule has 2 aromatic rings. The molecule has 1 fully saturated rings. The van der Waals surface area contributed by atoms with Gasteiger partial charge in [-0.2, -0.15) is 0 Å². The van der Waals surface area contributed by atoms with Gasteiger partial charge in [0, 0.05) is 30.8 Å². The van der Waals surface area contributed by atoms with Crippen LogP contribution in [0.15, 0.2) is 45.2 Å². The number of carbonyl (C=O) groups is 1. The molecule has 2 aliphatic heterocycles. The third kappa shape index (κ3) is 3.71. The number of benzene rings is 1. The minimum Gasteiger partial charge on any atom is -0.341 e. The molecule has 7 nitrogen and oxygen atoms in total. The van der Waals surface area contributed by atoms with Gasteiger partial charge in [0.15, 0.2) is 15.0 Å². The van der Waals surface area contributed by atoms with E-state index < -0.39 is 15.1 Å². The fraction of sp³-hybridized carbons (Fsp3) is 0.500. The second-order valence-electron chi connectivity index (χ2n) is 8.48. The predicted molar refractivity (Wildman–Crippen MR) is 118 cm³/mol. The Morgan fingerprint density at radius 3 is 2.74 bits per heavy atom. The van der Waals surface area contributed by atoms with Gasteiger partial charge in [0.05, 0.1) is 21.9 Å². The van der Waals surface area contributed by atoms with Gasteiger partial charge in [0.1, 0.15) is 0 Å². The number of aryl methyl sites for hydroxylation is 1. The summed E-state index contributed by atoms with van der Waals surface area (Å²) in [6.45, 7) is 0.639. The molecule has 2 atom stereocenters. The molecule has 1 saturated heterocycles. The summed E-state index contributed by atoms with van der Waals surface area (Å²) in [7, 11) is -3.46. The molecule has 164 valence electrons. The fourth-order valence-electron chi connectivity index (χ4n) is 4.81. The van der Waals surface area contributed by atoms with E-state index in [0.29, 0.717) is 23.6 Å². The monoisotopic (exact) mass is 459 g/mol. The summed E-state index contributed by atoms with van der Waals surface area (Å²) in [5, 5.41) is 0.134. The maximum atomic E-state index is 13.1. The van der Waals surface area contributed by atoms with E-state index in [-0.39, 0.29) is 30.5 Å². The second kappa shape index (κ2) is 8.09. The van der Waals surface area contributed by atoms with Crippen molar-refractivity contribution < 1.29 is 13.2 Å². The van der Waals surface area contributed by atoms with Crippen molar-refractivity contribution in [3.63, 3.8) is 0 Å². The smallest absolute Gasteiger partial charge is 0.257 e. The number of aromatic nitrogens is 2. The number of fused-ring (bicyclic) bond motifs is 2. The van der Waals surface area contributed by atoms with Crippen LogP contribution in [-0.4, -0.2) is 52.9 Å². The Morgan fingerprint density at radius 2 is 1.94 bits per heavy atom. The van der Waals surface area contributed by atoms with Crippen LogP contribution < -0.4 is 5.56 Å². The Balaban J connectivity index is 1.30. The van der Waals surface area contributed by atoms with E-state index in [0.717, 1.165) is 42.1 Å². The van der Waals surface area contributed by atoms with E-state index in [1.807, 2.05) is 0 Å². The number of hydrogen-bond donors (Lipinski definition) is 0. The predicted octanol–water partition coefficient (Wildman–Crippen LogP) is 2.23. The summed E-state index contributed by atoms with van der Waals surface area (Å²) in [5.74, 6) is 0.560. The highest BCUT2D eigenvalue weighted by Crippen LogP contribution is 2.34. The van der Waals surface area contributed by atoms with Crippen LogP contribution in [0.2, 0.25) is 0 Å². The number of thioether (sulfide) groups is 1. The lowest BCUT2D eigenvalue weighted by atomic mass is 9.97. The number of hydrogen-bond acceptors (Lipinski definition) is 6. The third-order valence-corrected chi connectivity index (χ3v) is 9.83. The first-order valence-corrected chi connectivity index (χ1v) is 13.3. The highest BCUT2D eigenvalue weighted by Gasteiger charge is 2.38. The summed E-state index contributed by atoms with van der Waals surface area (Å²) in [6, 6.07) is 8.20. The SMILES string of the molecule is O=C(CC1CSc2nc3c(c(=O)n21)CCCC3)N1CCC(S(=O)(=O)c2ccccc2)C1. The van der Waals surface area contributed by atoms with Gasteiger partial charge in [0.25, 0.3) is 5.56 Å². The molecule has 9 heteroatoms. The number of nitrogens with zero attached hydrogens (tertiary/aromatic N) is 3. The number of amides is 1. The number of likely N-dealkylation sites (tertiary alicyclic amines) is 1. The first-order valence-electron chi connectivity index (χ1n) is 10.8. The van der Waals surface area contributed by atoms with E-state index in [1.165, 1.54) is 11.8 Å². The molecule has 3 heterocycles. The van der Waals surface area contributed by atoms with E-state index in [2.05, 4.69) is 0 Å². The van der Waals surface area contributed by atoms with E-state index in [4.69, 9.17) is 4.98 Å². The Morgan fingerprint density at radius 1 is 1.16 bits per heavy atom. The van der Waals surface area contributed by atoms with Crippen LogP contribution in [0.4, 0.5) is 0 Å². The summed E-state index contributed by atoms with van der Waals surface area (Å²) < 4.78 is 27.5. The molecule has 0 radical (unpaired) electrons. The van der Waals surface area contributed by atoms with Crippen LogP contribution in [0.3, 0.4) is 0 Å². The van der Waals surface area contributed by atoms with Gasteiger partial charge >= 0.3 is 0 Å². The fourth-order valence-corrected chi connectivity index (χ4v) is 7.67. The minimum atomic E-state index is -3.46. The molecular formula is C22H25N3O4S2. The molecule has 5 rings (SSSR count). The quantitative estimate of drug-likeness (QED) is 0.652. The molecule has 0 N–H and O–H groups in total. The van der Waals surface area contributed by atoms with Gasteiger partial charge in [-0.1, -0.05) is 30.0 Å². The van der Waals surface area contributed by atoms with Gasteiger partial charge in [-0.05, 0) is 44.2 Å². The number of sulfone groups is 1. The van der Waals surface area contributed by atoms with Crippen molar-refractivity contribution in [2.24, 2.45) is 0 Å². The topological polar surface area (TPSA) is 89.3 Å². The van der Waals surface area contributed by atoms with Crippen molar-refractivity contribution in [3.05, 3.63) is 51.9 Å². The van der Waals surface area contributed by atoms with Crippen LogP contribution >= 0.6 is 11.8 Å². The van der Waals surface area contributed by atoms with Crippen LogP contribution in [0.5, 0.6) is 0 Å². The largest absolute Gasteiger partial charge is 0.341 e. The minimum absolute atomic E-state index is 0.00783. The normalized spacial score (nSPS) is 22.9. The molecule has 1 amide bonds. The molecule has 3 aliphatic rings. The highest BCUT2D eigenvalue weighted by atomic mass is 32.2. The van der Waals surface area contributed by atoms with Crippen molar-refractivity contribution >= 4 is 27.5 Å². The number of rotatable bonds is 4. The van der Waals surface area contributed by atoms with Crippen LogP contribution in [0, 0.1) is 0 Å². The Bertz CT molecular complexity index is 1180. The maximum Gasteiger partial charge on any atom is 0.257 e. The molecule has 1 aliphatic carbocycles. The number of carbonyl (C=O) groups excluding carboxylic acids is 1. The molecule has 0 saturated carbocycles. The summed E-state index contributed by atoms with van der Waals surface area (Å²) in [4.78, 5) is 32.7. The summed E-state index contributed by atoms with van der Waals surface area (Å²) in [5.41, 5.74) is 1.74. The van der Waals surface area contributed by atoms with Crippen molar-refractivity contribution in [3.8, 4) is 0 Å². The second-order valence-corrected chi connectivity index (χ2v) is 11.7. The Hall–Kier alpha value is -2.13. The Labute approximate surface area is 185 Å². The molecular weight excluding hydrogens is 434 g/mol. The lowest BCUT2D eigenvalue weighted by Gasteiger charge is -2.21. The van der Waals surface area contributed by atoms with Crippen molar-refractivity contribution in [1.82, 2.24) is 14.5 Å². The van der Waals surface area contributed by atoms with Crippen molar-refractivity contribution in [2.45, 2.75) is 59.9 Å². The lowest BCUT2D eigenvalue weighted by Crippen LogP contribution is -2.36. The average Bonchev–Trinajstić information content (AvgIpc) is 3.43. The zero-order chi connectivity index (χ0) is 21.6. The first-order chi connectivity index (χ1) is 14.9. The zero-order valence-electron chi connectivity index (χ0n) is 17.2. The molecule has 1 aromatic carbocycles. The summed E-state index contributed by atoms with van der Waals surface area (Å²) >= 11 is 1.53. The maximum absolute atomic E-state index is 13.1. The van der Waals surface area contributed by atoms with Gasteiger partial charge in [0.2, 0.25) is 5.91 Å². The van der Waals surface area contributed by atoms with Gasteiger partial charge in [-0.3, -0.25) is 14.2 Å². The van der Waals surface area contributed by atoms with E-state index in [1.54, 1.807) is 39.8 Å². The van der Waals surface area contributed by atoms with Crippen molar-refractivity contribution in [2.75, 3.05) is 18.8 Å². The van der Waals surface area contributed by atoms with Crippen LogP contribution in [-0.2, 0) is 27.5 Å². The molecule has 0 bridgehead atoms. The molecule has 2 unspecified atom stereocenters. The standard InChI is InChI=1S/C22H25N3O4S2/c26-20(24-11-10-17(13-24)31(28,29)16-6-2-1-3-7-16)12-15-14-30-22-23-19-9-5-4-8-18(19)21(27)25(15)22/h1-3,6-7,15,17H,4-5,8-14H2. The van der Waals surface area contributed by atoms with E-state index >= 15 is 0 Å². The first kappa shape index (κ1) is 20.8. The van der Waals surface area contributed by atoms with Gasteiger partial charge < -0.3 is 4.90 Å².